The van der Waals surface area contributed by atoms with Crippen LogP contribution in [-0.4, -0.2) is 132 Å². The SMILES string of the molecule is [CH2-]CC(=O)NCC(=O)N(CCN(CCN(Cc1ccc(-c2c(C)cc(C)cc2C)cc1)C(=O)CNC(=O)CC)C(=O)CNC(=O)C[CH2-])CCN(Cc1ccc(-c2c(C)cc(C)cc2C)cc1)C(=O)CNC(=O)C[CH2-].[Gd].[Gd].[Gd]. The van der Waals surface area contributed by atoms with E-state index in [1.165, 1.54) is 25.8 Å². The molecular formula is C58H75Gd3N8O8-3. The molecule has 0 saturated carbocycles. The molecule has 0 aliphatic heterocycles. The van der Waals surface area contributed by atoms with E-state index in [0.29, 0.717) is 0 Å². The van der Waals surface area contributed by atoms with Crippen molar-refractivity contribution in [3.05, 3.63) is 138 Å². The summed E-state index contributed by atoms with van der Waals surface area (Å²) in [5.74, 6) is -3.42. The number of nitrogens with one attached hydrogen (secondary N) is 4. The average molecular weight is 1480 g/mol. The van der Waals surface area contributed by atoms with Gasteiger partial charge >= 0.3 is 0 Å². The molecule has 0 bridgehead atoms. The van der Waals surface area contributed by atoms with E-state index in [1.807, 2.05) is 48.5 Å². The smallest absolute Gasteiger partial charge is 0.242 e. The van der Waals surface area contributed by atoms with E-state index < -0.39 is 35.4 Å². The van der Waals surface area contributed by atoms with Crippen LogP contribution in [-0.2, 0) is 51.4 Å². The molecular weight excluding hydrogens is 1410 g/mol. The Hall–Kier alpha value is -3.39. The van der Waals surface area contributed by atoms with E-state index in [1.54, 1.807) is 11.8 Å². The maximum atomic E-state index is 14.0. The Labute approximate surface area is 552 Å². The van der Waals surface area contributed by atoms with Crippen molar-refractivity contribution in [2.45, 2.75) is 87.2 Å². The fraction of sp³-hybridized carbons (Fsp3) is 0.397. The fourth-order valence-corrected chi connectivity index (χ4v) is 8.83. The van der Waals surface area contributed by atoms with E-state index >= 15 is 0 Å². The molecule has 77 heavy (non-hydrogen) atoms. The van der Waals surface area contributed by atoms with Crippen LogP contribution in [0.1, 0.15) is 77.1 Å². The summed E-state index contributed by atoms with van der Waals surface area (Å²) in [4.78, 5) is 111. The minimum absolute atomic E-state index is 0. The standard InChI is InChI=1S/C58H75N8O8.3Gd/c1-11-49(67)59-33-53(71)63(25-27-65(55(73)35-61-51(69)13-3)37-45-15-19-47(20-16-45)57-41(7)29-39(5)30-42(57)8)23-24-64(54(72)34-60-50(68)12-2)26-28-66(56(74)36-62-52(70)14-4)38-46-17-21-48(22-18-46)58-43(9)31-40(6)32-44(58)10;;;/h15-22,29-32H,1-3,11-14,23-28,33-38H2,4-10H3,(H,59,67)(H,60,68)(H,61,69)(H,62,70);;;/q-3;;;. The molecule has 0 heterocycles. The van der Waals surface area contributed by atoms with Crippen LogP contribution in [0.3, 0.4) is 0 Å². The number of aryl methyl sites for hydroxylation is 6. The van der Waals surface area contributed by atoms with Gasteiger partial charge in [0.1, 0.15) is 0 Å². The second-order valence-corrected chi connectivity index (χ2v) is 18.5. The first-order valence-electron chi connectivity index (χ1n) is 25.2. The topological polar surface area (TPSA) is 198 Å². The van der Waals surface area contributed by atoms with Crippen LogP contribution in [0.15, 0.2) is 72.8 Å². The molecule has 4 rings (SSSR count). The van der Waals surface area contributed by atoms with E-state index in [4.69, 9.17) is 0 Å². The number of hydrogen-bond acceptors (Lipinski definition) is 8. The van der Waals surface area contributed by atoms with Crippen molar-refractivity contribution in [2.75, 3.05) is 65.4 Å². The third kappa shape index (κ3) is 23.7. The van der Waals surface area contributed by atoms with Crippen LogP contribution in [0.5, 0.6) is 0 Å². The molecule has 4 N–H and O–H groups in total. The number of nitrogens with zero attached hydrogens (tertiary/aromatic N) is 4. The van der Waals surface area contributed by atoms with Crippen LogP contribution in [0.2, 0.25) is 0 Å². The molecule has 0 atom stereocenters. The fourth-order valence-electron chi connectivity index (χ4n) is 8.83. The summed E-state index contributed by atoms with van der Waals surface area (Å²) >= 11 is 0. The number of carbonyl (C=O) groups excluding carboxylic acids is 8. The average Bonchev–Trinajstić information content (AvgIpc) is 3.37. The van der Waals surface area contributed by atoms with Crippen molar-refractivity contribution in [1.82, 2.24) is 40.9 Å². The second kappa shape index (κ2) is 36.8. The summed E-state index contributed by atoms with van der Waals surface area (Å²) in [7, 11) is 0. The summed E-state index contributed by atoms with van der Waals surface area (Å²) in [6.07, 6.45) is -0.0926. The van der Waals surface area contributed by atoms with Gasteiger partial charge in [0.15, 0.2) is 17.7 Å². The molecule has 0 aliphatic carbocycles. The maximum absolute atomic E-state index is 14.0. The Balaban J connectivity index is 0.00000988. The van der Waals surface area contributed by atoms with Gasteiger partial charge in [-0.3, -0.25) is 38.4 Å². The van der Waals surface area contributed by atoms with Gasteiger partial charge in [0.25, 0.3) is 0 Å². The van der Waals surface area contributed by atoms with E-state index in [0.717, 1.165) is 55.6 Å². The zero-order valence-corrected chi connectivity index (χ0v) is 52.3. The normalized spacial score (nSPS) is 10.4. The maximum Gasteiger partial charge on any atom is 0.242 e. The number of hydrogen-bond donors (Lipinski definition) is 4. The first-order chi connectivity index (χ1) is 35.3. The van der Waals surface area contributed by atoms with Crippen LogP contribution in [0.4, 0.5) is 0 Å². The molecule has 4 aromatic rings. The van der Waals surface area contributed by atoms with E-state index in [9.17, 15) is 38.4 Å². The molecule has 0 radical (unpaired) electrons. The largest absolute Gasteiger partial charge is 0.349 e. The Bertz CT molecular complexity index is 2410. The molecule has 0 spiro atoms. The van der Waals surface area contributed by atoms with Crippen molar-refractivity contribution in [1.29, 1.82) is 0 Å². The van der Waals surface area contributed by atoms with Crippen LogP contribution < -0.4 is 21.3 Å². The van der Waals surface area contributed by atoms with E-state index in [2.05, 4.69) is 108 Å². The molecule has 16 nitrogen and oxygen atoms in total. The van der Waals surface area contributed by atoms with Gasteiger partial charge in [0.2, 0.25) is 29.5 Å². The minimum atomic E-state index is -0.501. The molecule has 422 valence electrons. The molecule has 0 aliphatic rings. The molecule has 0 saturated heterocycles. The zero-order valence-electron chi connectivity index (χ0n) is 45.5. The van der Waals surface area contributed by atoms with Gasteiger partial charge in [-0.05, 0) is 97.2 Å². The van der Waals surface area contributed by atoms with Gasteiger partial charge in [-0.25, -0.2) is 0 Å². The number of amides is 8. The van der Waals surface area contributed by atoms with Crippen molar-refractivity contribution in [2.24, 2.45) is 0 Å². The van der Waals surface area contributed by atoms with Crippen molar-refractivity contribution in [3.8, 4) is 22.3 Å². The number of rotatable bonds is 27. The summed E-state index contributed by atoms with van der Waals surface area (Å²) in [5, 5.41) is 10.4. The molecule has 0 aromatic heterocycles. The van der Waals surface area contributed by atoms with Gasteiger partial charge < -0.3 is 61.6 Å². The van der Waals surface area contributed by atoms with Gasteiger partial charge in [-0.15, -0.1) is 19.3 Å². The molecule has 19 heteroatoms. The molecule has 0 unspecified atom stereocenters. The summed E-state index contributed by atoms with van der Waals surface area (Å²) in [6, 6.07) is 24.3. The van der Waals surface area contributed by atoms with Gasteiger partial charge in [0.05, 0.1) is 26.2 Å². The van der Waals surface area contributed by atoms with Crippen LogP contribution in [0, 0.1) is 182 Å². The molecule has 0 fully saturated rings. The van der Waals surface area contributed by atoms with Gasteiger partial charge in [-0.2, -0.15) is 0 Å². The monoisotopic (exact) mass is 1490 g/mol. The predicted octanol–water partition coefficient (Wildman–Crippen LogP) is 5.43. The third-order valence-corrected chi connectivity index (χ3v) is 12.7. The van der Waals surface area contributed by atoms with Crippen LogP contribution >= 0.6 is 0 Å². The van der Waals surface area contributed by atoms with Crippen molar-refractivity contribution < 1.29 is 158 Å². The predicted molar refractivity (Wildman–Crippen MR) is 288 cm³/mol. The second-order valence-electron chi connectivity index (χ2n) is 18.5. The third-order valence-electron chi connectivity index (χ3n) is 12.7. The Morgan fingerprint density at radius 1 is 0.390 bits per heavy atom. The van der Waals surface area contributed by atoms with Crippen molar-refractivity contribution in [3.63, 3.8) is 0 Å². The molecule has 4 aromatic carbocycles. The number of carbonyl (C=O) groups is 8. The van der Waals surface area contributed by atoms with Crippen molar-refractivity contribution >= 4 is 47.3 Å². The zero-order chi connectivity index (χ0) is 54.5. The Morgan fingerprint density at radius 3 is 0.896 bits per heavy atom. The summed E-state index contributed by atoms with van der Waals surface area (Å²) < 4.78 is 0. The van der Waals surface area contributed by atoms with Gasteiger partial charge in [0, 0.05) is 179 Å². The Morgan fingerprint density at radius 2 is 0.636 bits per heavy atom. The minimum Gasteiger partial charge on any atom is -0.349 e. The van der Waals surface area contributed by atoms with Gasteiger partial charge in [-0.1, -0.05) is 90.8 Å². The first-order valence-corrected chi connectivity index (χ1v) is 25.2. The quantitative estimate of drug-likeness (QED) is 0.0567. The summed E-state index contributed by atoms with van der Waals surface area (Å²) in [5.41, 5.74) is 12.8. The Kier molecular flexibility index (Phi) is 34.2. The van der Waals surface area contributed by atoms with E-state index in [-0.39, 0.29) is 236 Å². The number of benzene rings is 4. The first kappa shape index (κ1) is 71.6. The van der Waals surface area contributed by atoms with Crippen LogP contribution in [0.25, 0.3) is 22.3 Å². The summed E-state index contributed by atoms with van der Waals surface area (Å²) in [6.45, 7) is 23.6. The molecule has 8 amide bonds.